The number of rotatable bonds is 0. The third-order valence-electron chi connectivity index (χ3n) is 3.95. The zero-order valence-corrected chi connectivity index (χ0v) is 11.9. The van der Waals surface area contributed by atoms with Gasteiger partial charge in [-0.2, -0.15) is 0 Å². The van der Waals surface area contributed by atoms with Crippen LogP contribution in [0.4, 0.5) is 0 Å². The van der Waals surface area contributed by atoms with Gasteiger partial charge in [0.25, 0.3) is 0 Å². The molecule has 0 atom stereocenters. The van der Waals surface area contributed by atoms with E-state index in [2.05, 4.69) is 52.4 Å². The Morgan fingerprint density at radius 3 is 2.67 bits per heavy atom. The lowest BCUT2D eigenvalue weighted by Gasteiger charge is -2.03. The van der Waals surface area contributed by atoms with Gasteiger partial charge < -0.3 is 0 Å². The highest BCUT2D eigenvalue weighted by Gasteiger charge is 2.11. The molecule has 21 heavy (non-hydrogen) atoms. The second kappa shape index (κ2) is 3.99. The maximum atomic E-state index is 4.68. The fraction of sp³-hybridized carbons (Fsp3) is 0. The molecule has 5 aromatic rings. The van der Waals surface area contributed by atoms with Crippen molar-refractivity contribution in [3.05, 3.63) is 60.9 Å². The van der Waals surface area contributed by atoms with Crippen LogP contribution >= 0.6 is 11.3 Å². The van der Waals surface area contributed by atoms with E-state index in [1.165, 1.54) is 25.6 Å². The van der Waals surface area contributed by atoms with E-state index < -0.39 is 0 Å². The van der Waals surface area contributed by atoms with Crippen LogP contribution in [0.15, 0.2) is 60.9 Å². The van der Waals surface area contributed by atoms with Gasteiger partial charge in [0, 0.05) is 38.6 Å². The molecule has 3 aromatic heterocycles. The van der Waals surface area contributed by atoms with Crippen molar-refractivity contribution in [2.24, 2.45) is 0 Å². The Balaban J connectivity index is 2.11. The van der Waals surface area contributed by atoms with Crippen molar-refractivity contribution in [1.82, 2.24) is 9.97 Å². The molecular weight excluding hydrogens is 276 g/mol. The molecule has 5 rings (SSSR count). The molecular formula is C18H10N2S. The monoisotopic (exact) mass is 286 g/mol. The van der Waals surface area contributed by atoms with Gasteiger partial charge in [-0.3, -0.25) is 9.97 Å². The van der Waals surface area contributed by atoms with E-state index in [4.69, 9.17) is 0 Å². The molecule has 98 valence electrons. The highest BCUT2D eigenvalue weighted by atomic mass is 32.1. The summed E-state index contributed by atoms with van der Waals surface area (Å²) in [6, 6.07) is 16.9. The molecule has 3 heteroatoms. The summed E-state index contributed by atoms with van der Waals surface area (Å²) in [4.78, 5) is 9.20. The third-order valence-corrected chi connectivity index (χ3v) is 5.06. The molecule has 0 aliphatic rings. The lowest BCUT2D eigenvalue weighted by Crippen LogP contribution is -1.84. The van der Waals surface area contributed by atoms with Crippen molar-refractivity contribution in [2.75, 3.05) is 0 Å². The zero-order valence-electron chi connectivity index (χ0n) is 11.1. The van der Waals surface area contributed by atoms with Crippen LogP contribution < -0.4 is 0 Å². The van der Waals surface area contributed by atoms with Crippen LogP contribution in [0.25, 0.3) is 42.0 Å². The number of fused-ring (bicyclic) bond motifs is 7. The Bertz CT molecular complexity index is 1140. The van der Waals surface area contributed by atoms with Gasteiger partial charge in [-0.25, -0.2) is 0 Å². The van der Waals surface area contributed by atoms with Crippen LogP contribution in [-0.4, -0.2) is 9.97 Å². The first-order chi connectivity index (χ1) is 10.4. The minimum Gasteiger partial charge on any atom is -0.254 e. The molecule has 3 heterocycles. The molecule has 0 aliphatic heterocycles. The first kappa shape index (κ1) is 11.2. The van der Waals surface area contributed by atoms with Crippen LogP contribution in [0.5, 0.6) is 0 Å². The molecule has 0 fully saturated rings. The zero-order chi connectivity index (χ0) is 13.8. The lowest BCUT2D eigenvalue weighted by atomic mass is 10.1. The molecule has 0 unspecified atom stereocenters. The van der Waals surface area contributed by atoms with Gasteiger partial charge in [-0.15, -0.1) is 11.3 Å². The Hall–Kier alpha value is -2.52. The quantitative estimate of drug-likeness (QED) is 0.368. The highest BCUT2D eigenvalue weighted by Crippen LogP contribution is 2.38. The number of benzene rings is 2. The van der Waals surface area contributed by atoms with E-state index in [0.29, 0.717) is 0 Å². The smallest absolute Gasteiger partial charge is 0.0971 e. The van der Waals surface area contributed by atoms with Crippen molar-refractivity contribution >= 4 is 53.3 Å². The average Bonchev–Trinajstić information content (AvgIpc) is 2.93. The maximum absolute atomic E-state index is 4.68. The number of pyridine rings is 2. The number of aromatic nitrogens is 2. The van der Waals surface area contributed by atoms with Crippen molar-refractivity contribution in [3.63, 3.8) is 0 Å². The Kier molecular flexibility index (Phi) is 2.12. The minimum absolute atomic E-state index is 0.979. The van der Waals surface area contributed by atoms with Crippen LogP contribution in [0.3, 0.4) is 0 Å². The Labute approximate surface area is 124 Å². The largest absolute Gasteiger partial charge is 0.254 e. The molecule has 0 saturated carbocycles. The van der Waals surface area contributed by atoms with Crippen LogP contribution in [0.2, 0.25) is 0 Å². The van der Waals surface area contributed by atoms with Crippen LogP contribution in [-0.2, 0) is 0 Å². The predicted molar refractivity (Wildman–Crippen MR) is 89.9 cm³/mol. The first-order valence-corrected chi connectivity index (χ1v) is 7.67. The van der Waals surface area contributed by atoms with Crippen molar-refractivity contribution < 1.29 is 0 Å². The molecule has 0 radical (unpaired) electrons. The van der Waals surface area contributed by atoms with Gasteiger partial charge in [-0.1, -0.05) is 36.4 Å². The van der Waals surface area contributed by atoms with Gasteiger partial charge in [-0.05, 0) is 12.1 Å². The maximum Gasteiger partial charge on any atom is 0.0971 e. The molecule has 2 nitrogen and oxygen atoms in total. The summed E-state index contributed by atoms with van der Waals surface area (Å²) in [6.45, 7) is 0. The van der Waals surface area contributed by atoms with Gasteiger partial charge >= 0.3 is 0 Å². The van der Waals surface area contributed by atoms with E-state index in [0.717, 1.165) is 16.4 Å². The van der Waals surface area contributed by atoms with E-state index in [-0.39, 0.29) is 0 Å². The summed E-state index contributed by atoms with van der Waals surface area (Å²) < 4.78 is 2.54. The summed E-state index contributed by atoms with van der Waals surface area (Å²) in [5.41, 5.74) is 1.97. The van der Waals surface area contributed by atoms with Crippen molar-refractivity contribution in [2.45, 2.75) is 0 Å². The molecule has 0 spiro atoms. The molecule has 2 aromatic carbocycles. The summed E-state index contributed by atoms with van der Waals surface area (Å²) in [5, 5.41) is 4.93. The number of hydrogen-bond acceptors (Lipinski definition) is 3. The van der Waals surface area contributed by atoms with Gasteiger partial charge in [0.05, 0.1) is 15.7 Å². The third kappa shape index (κ3) is 1.46. The first-order valence-electron chi connectivity index (χ1n) is 6.85. The average molecular weight is 286 g/mol. The fourth-order valence-corrected chi connectivity index (χ4v) is 4.11. The normalized spacial score (nSPS) is 11.8. The summed E-state index contributed by atoms with van der Waals surface area (Å²) >= 11 is 1.80. The molecule has 0 saturated heterocycles. The Morgan fingerprint density at radius 1 is 0.714 bits per heavy atom. The van der Waals surface area contributed by atoms with Crippen molar-refractivity contribution in [1.29, 1.82) is 0 Å². The fourth-order valence-electron chi connectivity index (χ4n) is 3.02. The lowest BCUT2D eigenvalue weighted by molar-refractivity contribution is 1.39. The Morgan fingerprint density at radius 2 is 1.67 bits per heavy atom. The van der Waals surface area contributed by atoms with Crippen LogP contribution in [0, 0.1) is 0 Å². The van der Waals surface area contributed by atoms with Gasteiger partial charge in [0.15, 0.2) is 0 Å². The highest BCUT2D eigenvalue weighted by molar-refractivity contribution is 7.26. The second-order valence-corrected chi connectivity index (χ2v) is 6.22. The summed E-state index contributed by atoms with van der Waals surface area (Å²) in [7, 11) is 0. The van der Waals surface area contributed by atoms with Gasteiger partial charge in [0.2, 0.25) is 0 Å². The van der Waals surface area contributed by atoms with Crippen molar-refractivity contribution in [3.8, 4) is 0 Å². The molecule has 0 aliphatic carbocycles. The molecule has 0 amide bonds. The SMILES string of the molecule is c1cnc2c(c1)ccc1c2ncc2sc3ccccc3c21. The van der Waals surface area contributed by atoms with E-state index in [1.54, 1.807) is 11.3 Å². The summed E-state index contributed by atoms with van der Waals surface area (Å²) in [5.74, 6) is 0. The van der Waals surface area contributed by atoms with Crippen LogP contribution in [0.1, 0.15) is 0 Å². The van der Waals surface area contributed by atoms with E-state index in [9.17, 15) is 0 Å². The molecule has 0 bridgehead atoms. The number of hydrogen-bond donors (Lipinski definition) is 0. The number of nitrogens with zero attached hydrogens (tertiary/aromatic N) is 2. The number of thiophene rings is 1. The topological polar surface area (TPSA) is 25.8 Å². The summed E-state index contributed by atoms with van der Waals surface area (Å²) in [6.07, 6.45) is 3.82. The van der Waals surface area contributed by atoms with E-state index in [1.807, 2.05) is 18.5 Å². The molecule has 0 N–H and O–H groups in total. The standard InChI is InChI=1S/C18H10N2S/c1-2-6-14-12(5-1)16-13-8-7-11-4-3-9-19-17(11)18(13)20-10-15(16)21-14/h1-10H. The predicted octanol–water partition coefficient (Wildman–Crippen LogP) is 5.15. The van der Waals surface area contributed by atoms with Gasteiger partial charge in [0.1, 0.15) is 0 Å². The van der Waals surface area contributed by atoms with E-state index >= 15 is 0 Å². The minimum atomic E-state index is 0.979. The second-order valence-electron chi connectivity index (χ2n) is 5.13.